The van der Waals surface area contributed by atoms with E-state index in [4.69, 9.17) is 14.5 Å². The molecule has 0 radical (unpaired) electrons. The van der Waals surface area contributed by atoms with E-state index in [0.29, 0.717) is 35.1 Å². The number of nitrogens with zero attached hydrogens (tertiary/aromatic N) is 5. The molecule has 260 valence electrons. The lowest BCUT2D eigenvalue weighted by Gasteiger charge is -2.43. The van der Waals surface area contributed by atoms with E-state index in [1.54, 1.807) is 37.4 Å². The first-order chi connectivity index (χ1) is 23.2. The summed E-state index contributed by atoms with van der Waals surface area (Å²) in [5.74, 6) is 1.38. The molecule has 1 aromatic carbocycles. The Morgan fingerprint density at radius 3 is 2.56 bits per heavy atom. The van der Waals surface area contributed by atoms with Crippen molar-refractivity contribution in [3.05, 3.63) is 30.0 Å². The van der Waals surface area contributed by atoms with Crippen LogP contribution in [0.25, 0.3) is 0 Å². The number of carbonyl (C=O) groups excluding carboxylic acids is 3. The van der Waals surface area contributed by atoms with Gasteiger partial charge in [0.1, 0.15) is 23.6 Å². The monoisotopic (exact) mass is 661 g/mol. The van der Waals surface area contributed by atoms with E-state index in [0.717, 1.165) is 89.7 Å². The van der Waals surface area contributed by atoms with Crippen LogP contribution in [0.15, 0.2) is 24.4 Å². The fourth-order valence-electron chi connectivity index (χ4n) is 7.70. The van der Waals surface area contributed by atoms with Crippen molar-refractivity contribution >= 4 is 40.9 Å². The standard InChI is InChI=1S/C36H51N7O5/c1-5-29-34(45)41(3)30-21-37-36(40-32(30)43(29)26-10-6-7-11-26)39-28-15-14-24(20-31(28)47-4)33(44)38-25-17-19-42(22-25)18-16-23(2)35(46)48-27-12-8-9-13-27/h14-15,20-21,23,25-27,29H,5-13,16-19,22H2,1-4H3,(H,38,44)(H,37,39,40)/t23-,25?,29+/m0/s1. The summed E-state index contributed by atoms with van der Waals surface area (Å²) in [5, 5.41) is 6.47. The summed E-state index contributed by atoms with van der Waals surface area (Å²) in [7, 11) is 3.36. The smallest absolute Gasteiger partial charge is 0.308 e. The van der Waals surface area contributed by atoms with Gasteiger partial charge in [-0.2, -0.15) is 4.98 Å². The van der Waals surface area contributed by atoms with Crippen LogP contribution in [0.1, 0.15) is 94.8 Å². The van der Waals surface area contributed by atoms with E-state index >= 15 is 0 Å². The number of amides is 2. The molecule has 2 aromatic rings. The SMILES string of the molecule is CC[C@@H]1C(=O)N(C)c2cnc(Nc3ccc(C(=O)NC4CCN(CC[C@H](C)C(=O)OC5CCCC5)C4)cc3OC)nc2N1C1CCCC1. The van der Waals surface area contributed by atoms with Gasteiger partial charge in [-0.1, -0.05) is 26.7 Å². The minimum Gasteiger partial charge on any atom is -0.495 e. The number of fused-ring (bicyclic) bond motifs is 1. The summed E-state index contributed by atoms with van der Waals surface area (Å²) in [6, 6.07) is 5.37. The molecule has 2 aliphatic heterocycles. The highest BCUT2D eigenvalue weighted by molar-refractivity contribution is 6.04. The van der Waals surface area contributed by atoms with Crippen LogP contribution in [0, 0.1) is 5.92 Å². The average Bonchev–Trinajstić information content (AvgIpc) is 3.90. The quantitative estimate of drug-likeness (QED) is 0.298. The maximum Gasteiger partial charge on any atom is 0.308 e. The van der Waals surface area contributed by atoms with Crippen LogP contribution in [0.3, 0.4) is 0 Å². The van der Waals surface area contributed by atoms with Gasteiger partial charge in [-0.3, -0.25) is 14.4 Å². The van der Waals surface area contributed by atoms with E-state index in [9.17, 15) is 14.4 Å². The predicted molar refractivity (Wildman–Crippen MR) is 185 cm³/mol. The molecule has 1 unspecified atom stereocenters. The van der Waals surface area contributed by atoms with Crippen LogP contribution >= 0.6 is 0 Å². The van der Waals surface area contributed by atoms with Crippen molar-refractivity contribution in [3.63, 3.8) is 0 Å². The topological polar surface area (TPSA) is 129 Å². The molecule has 3 atom stereocenters. The maximum atomic E-state index is 13.3. The zero-order valence-electron chi connectivity index (χ0n) is 28.9. The number of nitrogens with one attached hydrogen (secondary N) is 2. The van der Waals surface area contributed by atoms with Crippen molar-refractivity contribution < 1.29 is 23.9 Å². The number of hydrogen-bond donors (Lipinski definition) is 2. The third-order valence-corrected chi connectivity index (χ3v) is 10.6. The Balaban J connectivity index is 1.06. The average molecular weight is 662 g/mol. The molecule has 2 saturated carbocycles. The molecule has 0 bridgehead atoms. The number of hydrogen-bond acceptors (Lipinski definition) is 10. The van der Waals surface area contributed by atoms with Crippen LogP contribution in [-0.2, 0) is 14.3 Å². The first kappa shape index (κ1) is 34.0. The molecule has 2 aliphatic carbocycles. The second-order valence-electron chi connectivity index (χ2n) is 13.9. The summed E-state index contributed by atoms with van der Waals surface area (Å²) >= 11 is 0. The molecule has 4 aliphatic rings. The fourth-order valence-corrected chi connectivity index (χ4v) is 7.70. The van der Waals surface area contributed by atoms with Crippen LogP contribution in [-0.4, -0.2) is 90.7 Å². The third kappa shape index (κ3) is 7.38. The number of anilines is 4. The summed E-state index contributed by atoms with van der Waals surface area (Å²) < 4.78 is 11.4. The Bertz CT molecular complexity index is 1470. The van der Waals surface area contributed by atoms with Gasteiger partial charge in [-0.25, -0.2) is 4.98 Å². The van der Waals surface area contributed by atoms with Gasteiger partial charge in [-0.15, -0.1) is 0 Å². The molecular weight excluding hydrogens is 610 g/mol. The van der Waals surface area contributed by atoms with Gasteiger partial charge < -0.3 is 34.8 Å². The number of esters is 1. The first-order valence-corrected chi connectivity index (χ1v) is 17.9. The van der Waals surface area contributed by atoms with Crippen molar-refractivity contribution in [2.24, 2.45) is 5.92 Å². The zero-order chi connectivity index (χ0) is 33.8. The molecule has 3 heterocycles. The van der Waals surface area contributed by atoms with E-state index in [1.165, 1.54) is 0 Å². The van der Waals surface area contributed by atoms with Crippen LogP contribution in [0.2, 0.25) is 0 Å². The van der Waals surface area contributed by atoms with Gasteiger partial charge in [0.25, 0.3) is 5.91 Å². The van der Waals surface area contributed by atoms with Crippen molar-refractivity contribution in [1.29, 1.82) is 0 Å². The number of aromatic nitrogens is 2. The predicted octanol–water partition coefficient (Wildman–Crippen LogP) is 5.05. The Morgan fingerprint density at radius 2 is 1.83 bits per heavy atom. The second kappa shape index (κ2) is 15.1. The highest BCUT2D eigenvalue weighted by Crippen LogP contribution is 2.40. The van der Waals surface area contributed by atoms with E-state index < -0.39 is 0 Å². The van der Waals surface area contributed by atoms with E-state index in [1.807, 2.05) is 19.9 Å². The van der Waals surface area contributed by atoms with Crippen molar-refractivity contribution in [3.8, 4) is 5.75 Å². The summed E-state index contributed by atoms with van der Waals surface area (Å²) in [6.45, 7) is 6.43. The molecule has 6 rings (SSSR count). The Labute approximate surface area is 283 Å². The number of methoxy groups -OCH3 is 1. The lowest BCUT2D eigenvalue weighted by Crippen LogP contribution is -2.55. The van der Waals surface area contributed by atoms with Crippen molar-refractivity contribution in [1.82, 2.24) is 20.2 Å². The minimum atomic E-state index is -0.249. The molecule has 3 fully saturated rings. The van der Waals surface area contributed by atoms with Crippen molar-refractivity contribution in [2.75, 3.05) is 48.9 Å². The molecule has 2 N–H and O–H groups in total. The number of ether oxygens (including phenoxy) is 2. The highest BCUT2D eigenvalue weighted by Gasteiger charge is 2.41. The van der Waals surface area contributed by atoms with Gasteiger partial charge in [0.05, 0.1) is 24.9 Å². The van der Waals surface area contributed by atoms with Gasteiger partial charge in [0, 0.05) is 37.8 Å². The van der Waals surface area contributed by atoms with E-state index in [2.05, 4.69) is 25.4 Å². The van der Waals surface area contributed by atoms with Gasteiger partial charge in [0.2, 0.25) is 11.9 Å². The summed E-state index contributed by atoms with van der Waals surface area (Å²) in [5.41, 5.74) is 1.85. The number of benzene rings is 1. The van der Waals surface area contributed by atoms with E-state index in [-0.39, 0.29) is 47.9 Å². The molecule has 0 spiro atoms. The third-order valence-electron chi connectivity index (χ3n) is 10.6. The molecular formula is C36H51N7O5. The Morgan fingerprint density at radius 1 is 1.08 bits per heavy atom. The molecule has 12 nitrogen and oxygen atoms in total. The number of likely N-dealkylation sites (N-methyl/N-ethyl adjacent to an activating group) is 1. The second-order valence-corrected chi connectivity index (χ2v) is 13.9. The first-order valence-electron chi connectivity index (χ1n) is 17.9. The highest BCUT2D eigenvalue weighted by atomic mass is 16.5. The molecule has 2 amide bonds. The number of carbonyl (C=O) groups is 3. The lowest BCUT2D eigenvalue weighted by molar-refractivity contribution is -0.153. The van der Waals surface area contributed by atoms with Crippen LogP contribution in [0.4, 0.5) is 23.1 Å². The van der Waals surface area contributed by atoms with Gasteiger partial charge in [-0.05, 0) is 82.5 Å². The molecule has 12 heteroatoms. The number of rotatable bonds is 12. The Hall–Kier alpha value is -3.93. The van der Waals surface area contributed by atoms with Gasteiger partial charge in [0.15, 0.2) is 5.82 Å². The molecule has 1 saturated heterocycles. The van der Waals surface area contributed by atoms with Crippen molar-refractivity contribution in [2.45, 2.75) is 109 Å². The summed E-state index contributed by atoms with van der Waals surface area (Å²) in [4.78, 5) is 54.7. The number of likely N-dealkylation sites (tertiary alicyclic amines) is 1. The van der Waals surface area contributed by atoms with Crippen LogP contribution < -0.4 is 25.2 Å². The minimum absolute atomic E-state index is 0.0331. The largest absolute Gasteiger partial charge is 0.495 e. The normalized spacial score (nSPS) is 22.5. The summed E-state index contributed by atoms with van der Waals surface area (Å²) in [6.07, 6.45) is 12.8. The molecule has 48 heavy (non-hydrogen) atoms. The Kier molecular flexibility index (Phi) is 10.7. The molecule has 1 aromatic heterocycles. The lowest BCUT2D eigenvalue weighted by atomic mass is 10.0. The zero-order valence-corrected chi connectivity index (χ0v) is 28.9. The van der Waals surface area contributed by atoms with Crippen LogP contribution in [0.5, 0.6) is 5.75 Å². The maximum absolute atomic E-state index is 13.3. The van der Waals surface area contributed by atoms with Gasteiger partial charge >= 0.3 is 5.97 Å². The fraction of sp³-hybridized carbons (Fsp3) is 0.639.